The summed E-state index contributed by atoms with van der Waals surface area (Å²) >= 11 is 0. The molecule has 0 saturated heterocycles. The van der Waals surface area contributed by atoms with Gasteiger partial charge < -0.3 is 4.74 Å². The average Bonchev–Trinajstić information content (AvgIpc) is 2.52. The van der Waals surface area contributed by atoms with Crippen LogP contribution >= 0.6 is 0 Å². The van der Waals surface area contributed by atoms with Crippen LogP contribution in [-0.2, 0) is 16.0 Å². The zero-order chi connectivity index (χ0) is 15.7. The summed E-state index contributed by atoms with van der Waals surface area (Å²) < 4.78 is 4.68. The number of Topliss-reactive ketones (excluding diaryl/α,β-unsaturated/α-hetero) is 1. The van der Waals surface area contributed by atoms with Crippen LogP contribution in [0, 0.1) is 5.92 Å². The Kier molecular flexibility index (Phi) is 7.73. The number of hydrogen-bond donors (Lipinski definition) is 0. The standard InChI is InChI=1S/C18H26O3/c1-4-6-7-8-17(19)15(5-2)13-14-9-11-16(12-10-14)18(20)21-3/h9-12,15H,4-8,13H2,1-3H3. The minimum absolute atomic E-state index is 0.0887. The summed E-state index contributed by atoms with van der Waals surface area (Å²) in [6.45, 7) is 4.20. The van der Waals surface area contributed by atoms with Gasteiger partial charge in [-0.05, 0) is 37.0 Å². The molecule has 1 rings (SSSR count). The molecule has 21 heavy (non-hydrogen) atoms. The molecule has 0 aliphatic carbocycles. The normalized spacial score (nSPS) is 12.0. The molecule has 1 atom stereocenters. The maximum absolute atomic E-state index is 12.2. The third-order valence-corrected chi connectivity index (χ3v) is 3.83. The van der Waals surface area contributed by atoms with Gasteiger partial charge in [0.1, 0.15) is 5.78 Å². The largest absolute Gasteiger partial charge is 0.465 e. The average molecular weight is 290 g/mol. The molecule has 1 unspecified atom stereocenters. The van der Waals surface area contributed by atoms with Crippen LogP contribution in [0.5, 0.6) is 0 Å². The van der Waals surface area contributed by atoms with Crippen molar-refractivity contribution in [3.8, 4) is 0 Å². The molecule has 0 saturated carbocycles. The number of hydrogen-bond acceptors (Lipinski definition) is 3. The van der Waals surface area contributed by atoms with E-state index in [4.69, 9.17) is 0 Å². The lowest BCUT2D eigenvalue weighted by molar-refractivity contribution is -0.123. The molecule has 1 aromatic rings. The van der Waals surface area contributed by atoms with E-state index < -0.39 is 0 Å². The first kappa shape index (κ1) is 17.4. The van der Waals surface area contributed by atoms with Crippen molar-refractivity contribution in [2.45, 2.75) is 52.4 Å². The highest BCUT2D eigenvalue weighted by molar-refractivity contribution is 5.89. The van der Waals surface area contributed by atoms with E-state index in [1.165, 1.54) is 7.11 Å². The van der Waals surface area contributed by atoms with Crippen molar-refractivity contribution in [3.05, 3.63) is 35.4 Å². The highest BCUT2D eigenvalue weighted by Crippen LogP contribution is 2.17. The van der Waals surface area contributed by atoms with E-state index in [0.29, 0.717) is 17.8 Å². The highest BCUT2D eigenvalue weighted by Gasteiger charge is 2.16. The molecule has 0 bridgehead atoms. The lowest BCUT2D eigenvalue weighted by atomic mass is 9.90. The summed E-state index contributed by atoms with van der Waals surface area (Å²) in [4.78, 5) is 23.6. The van der Waals surface area contributed by atoms with Crippen LogP contribution in [0.1, 0.15) is 61.9 Å². The molecule has 0 heterocycles. The zero-order valence-electron chi connectivity index (χ0n) is 13.4. The fourth-order valence-corrected chi connectivity index (χ4v) is 2.42. The number of rotatable bonds is 9. The Labute approximate surface area is 127 Å². The number of carbonyl (C=O) groups excluding carboxylic acids is 2. The maximum Gasteiger partial charge on any atom is 0.337 e. The molecule has 116 valence electrons. The number of methoxy groups -OCH3 is 1. The second-order valence-corrected chi connectivity index (χ2v) is 5.42. The molecule has 0 radical (unpaired) electrons. The van der Waals surface area contributed by atoms with Gasteiger partial charge in [0.25, 0.3) is 0 Å². The van der Waals surface area contributed by atoms with Gasteiger partial charge >= 0.3 is 5.97 Å². The molecule has 0 aliphatic rings. The van der Waals surface area contributed by atoms with E-state index in [2.05, 4.69) is 18.6 Å². The Hall–Kier alpha value is -1.64. The summed E-state index contributed by atoms with van der Waals surface area (Å²) in [5, 5.41) is 0. The van der Waals surface area contributed by atoms with E-state index in [1.54, 1.807) is 12.1 Å². The first-order valence-corrected chi connectivity index (χ1v) is 7.82. The predicted molar refractivity (Wildman–Crippen MR) is 84.4 cm³/mol. The Morgan fingerprint density at radius 1 is 1.10 bits per heavy atom. The number of ether oxygens (including phenoxy) is 1. The van der Waals surface area contributed by atoms with Gasteiger partial charge in [-0.2, -0.15) is 0 Å². The van der Waals surface area contributed by atoms with Crippen molar-refractivity contribution in [2.75, 3.05) is 7.11 Å². The van der Waals surface area contributed by atoms with Gasteiger partial charge in [-0.25, -0.2) is 4.79 Å². The Bertz CT molecular complexity index is 448. The lowest BCUT2D eigenvalue weighted by Crippen LogP contribution is -2.16. The first-order chi connectivity index (χ1) is 10.1. The maximum atomic E-state index is 12.2. The van der Waals surface area contributed by atoms with Gasteiger partial charge in [0, 0.05) is 12.3 Å². The van der Waals surface area contributed by atoms with E-state index in [9.17, 15) is 9.59 Å². The Balaban J connectivity index is 2.60. The van der Waals surface area contributed by atoms with Crippen molar-refractivity contribution < 1.29 is 14.3 Å². The molecule has 3 heteroatoms. The smallest absolute Gasteiger partial charge is 0.337 e. The van der Waals surface area contributed by atoms with Crippen LogP contribution in [-0.4, -0.2) is 18.9 Å². The third kappa shape index (κ3) is 5.70. The number of carbonyl (C=O) groups is 2. The van der Waals surface area contributed by atoms with E-state index in [0.717, 1.165) is 37.7 Å². The van der Waals surface area contributed by atoms with Crippen molar-refractivity contribution in [3.63, 3.8) is 0 Å². The fraction of sp³-hybridized carbons (Fsp3) is 0.556. The molecule has 3 nitrogen and oxygen atoms in total. The van der Waals surface area contributed by atoms with E-state index in [1.807, 2.05) is 12.1 Å². The van der Waals surface area contributed by atoms with Crippen LogP contribution in [0.3, 0.4) is 0 Å². The SMILES string of the molecule is CCCCCC(=O)C(CC)Cc1ccc(C(=O)OC)cc1. The van der Waals surface area contributed by atoms with Crippen molar-refractivity contribution >= 4 is 11.8 Å². The first-order valence-electron chi connectivity index (χ1n) is 7.82. The van der Waals surface area contributed by atoms with Gasteiger partial charge in [0.05, 0.1) is 12.7 Å². The van der Waals surface area contributed by atoms with Crippen LogP contribution in [0.25, 0.3) is 0 Å². The lowest BCUT2D eigenvalue weighted by Gasteiger charge is -2.14. The van der Waals surface area contributed by atoms with Crippen molar-refractivity contribution in [1.82, 2.24) is 0 Å². The van der Waals surface area contributed by atoms with Crippen LogP contribution in [0.4, 0.5) is 0 Å². The van der Waals surface area contributed by atoms with Crippen LogP contribution < -0.4 is 0 Å². The molecular formula is C18H26O3. The van der Waals surface area contributed by atoms with E-state index >= 15 is 0 Å². The quantitative estimate of drug-likeness (QED) is 0.506. The number of esters is 1. The predicted octanol–water partition coefficient (Wildman–Crippen LogP) is 4.19. The van der Waals surface area contributed by atoms with Gasteiger partial charge in [-0.3, -0.25) is 4.79 Å². The van der Waals surface area contributed by atoms with Crippen molar-refractivity contribution in [2.24, 2.45) is 5.92 Å². The summed E-state index contributed by atoms with van der Waals surface area (Å²) in [6, 6.07) is 7.34. The Morgan fingerprint density at radius 2 is 1.76 bits per heavy atom. The summed E-state index contributed by atoms with van der Waals surface area (Å²) in [5.74, 6) is 0.123. The highest BCUT2D eigenvalue weighted by atomic mass is 16.5. The van der Waals surface area contributed by atoms with Crippen LogP contribution in [0.2, 0.25) is 0 Å². The molecule has 0 N–H and O–H groups in total. The van der Waals surface area contributed by atoms with Crippen LogP contribution in [0.15, 0.2) is 24.3 Å². The second kappa shape index (κ2) is 9.32. The van der Waals surface area contributed by atoms with Gasteiger partial charge in [0.15, 0.2) is 0 Å². The second-order valence-electron chi connectivity index (χ2n) is 5.42. The summed E-state index contributed by atoms with van der Waals surface area (Å²) in [6.07, 6.45) is 5.56. The Morgan fingerprint density at radius 3 is 2.29 bits per heavy atom. The van der Waals surface area contributed by atoms with Gasteiger partial charge in [0.2, 0.25) is 0 Å². The van der Waals surface area contributed by atoms with Gasteiger partial charge in [-0.1, -0.05) is 38.8 Å². The molecule has 0 amide bonds. The molecular weight excluding hydrogens is 264 g/mol. The number of ketones is 1. The molecule has 0 aliphatic heterocycles. The monoisotopic (exact) mass is 290 g/mol. The zero-order valence-corrected chi connectivity index (χ0v) is 13.4. The third-order valence-electron chi connectivity index (χ3n) is 3.83. The molecule has 0 spiro atoms. The minimum Gasteiger partial charge on any atom is -0.465 e. The molecule has 1 aromatic carbocycles. The van der Waals surface area contributed by atoms with Crippen molar-refractivity contribution in [1.29, 1.82) is 0 Å². The van der Waals surface area contributed by atoms with Gasteiger partial charge in [-0.15, -0.1) is 0 Å². The van der Waals surface area contributed by atoms with E-state index in [-0.39, 0.29) is 11.9 Å². The fourth-order valence-electron chi connectivity index (χ4n) is 2.42. The number of unbranched alkanes of at least 4 members (excludes halogenated alkanes) is 2. The summed E-state index contributed by atoms with van der Waals surface area (Å²) in [5.41, 5.74) is 1.64. The summed E-state index contributed by atoms with van der Waals surface area (Å²) in [7, 11) is 1.37. The molecule has 0 fully saturated rings. The minimum atomic E-state index is -0.329. The number of benzene rings is 1. The molecule has 0 aromatic heterocycles. The topological polar surface area (TPSA) is 43.4 Å².